The molecule has 1 heterocycles. The van der Waals surface area contributed by atoms with Crippen molar-refractivity contribution >= 4 is 37.8 Å². The quantitative estimate of drug-likeness (QED) is 0.875. The number of carboxylic acid groups (broad SMARTS) is 1. The van der Waals surface area contributed by atoms with Crippen LogP contribution in [-0.4, -0.2) is 21.0 Å². The predicted molar refractivity (Wildman–Crippen MR) is 78.0 cm³/mol. The van der Waals surface area contributed by atoms with E-state index in [0.717, 1.165) is 10.0 Å². The first kappa shape index (κ1) is 14.1. The summed E-state index contributed by atoms with van der Waals surface area (Å²) in [4.78, 5) is 19.3. The zero-order valence-corrected chi connectivity index (χ0v) is 12.9. The first-order valence-electron chi connectivity index (χ1n) is 5.50. The zero-order valence-electron chi connectivity index (χ0n) is 9.75. The summed E-state index contributed by atoms with van der Waals surface area (Å²) in [5.41, 5.74) is 1.44. The van der Waals surface area contributed by atoms with Crippen LogP contribution in [0, 0.1) is 0 Å². The molecule has 0 aliphatic rings. The molecule has 6 heteroatoms. The van der Waals surface area contributed by atoms with E-state index in [2.05, 4.69) is 41.8 Å². The zero-order chi connectivity index (χ0) is 13.8. The lowest BCUT2D eigenvalue weighted by Gasteiger charge is -2.13. The second kappa shape index (κ2) is 6.25. The van der Waals surface area contributed by atoms with Crippen molar-refractivity contribution in [1.29, 1.82) is 0 Å². The highest BCUT2D eigenvalue weighted by atomic mass is 79.9. The fraction of sp³-hybridized carbons (Fsp3) is 0.154. The average molecular weight is 386 g/mol. The number of rotatable bonds is 4. The van der Waals surface area contributed by atoms with Crippen molar-refractivity contribution in [3.63, 3.8) is 0 Å². The van der Waals surface area contributed by atoms with E-state index >= 15 is 0 Å². The lowest BCUT2D eigenvalue weighted by atomic mass is 9.96. The standard InChI is InChI=1S/C13H10Br2N2O2/c14-9-3-1-8(2-4-9)5-10(13(18)19)12-11(15)6-16-7-17-12/h1-4,6-7,10H,5H2,(H,18,19). The normalized spacial score (nSPS) is 12.1. The highest BCUT2D eigenvalue weighted by Crippen LogP contribution is 2.26. The van der Waals surface area contributed by atoms with Crippen molar-refractivity contribution < 1.29 is 9.90 Å². The van der Waals surface area contributed by atoms with Crippen molar-refractivity contribution in [3.8, 4) is 0 Å². The van der Waals surface area contributed by atoms with Crippen LogP contribution in [0.3, 0.4) is 0 Å². The largest absolute Gasteiger partial charge is 0.481 e. The van der Waals surface area contributed by atoms with Gasteiger partial charge in [0.15, 0.2) is 0 Å². The number of hydrogen-bond acceptors (Lipinski definition) is 3. The molecular formula is C13H10Br2N2O2. The summed E-state index contributed by atoms with van der Waals surface area (Å²) in [7, 11) is 0. The Labute approximate surface area is 127 Å². The van der Waals surface area contributed by atoms with Crippen molar-refractivity contribution in [2.45, 2.75) is 12.3 Å². The van der Waals surface area contributed by atoms with Crippen LogP contribution in [0.15, 0.2) is 45.7 Å². The molecule has 0 bridgehead atoms. The van der Waals surface area contributed by atoms with Crippen LogP contribution < -0.4 is 0 Å². The first-order chi connectivity index (χ1) is 9.08. The third kappa shape index (κ3) is 3.61. The van der Waals surface area contributed by atoms with Gasteiger partial charge in [-0.1, -0.05) is 28.1 Å². The van der Waals surface area contributed by atoms with E-state index in [-0.39, 0.29) is 0 Å². The van der Waals surface area contributed by atoms with E-state index in [1.807, 2.05) is 24.3 Å². The summed E-state index contributed by atoms with van der Waals surface area (Å²) in [6.07, 6.45) is 3.30. The number of carboxylic acids is 1. The maximum absolute atomic E-state index is 11.4. The minimum Gasteiger partial charge on any atom is -0.481 e. The van der Waals surface area contributed by atoms with Gasteiger partial charge in [-0.15, -0.1) is 0 Å². The molecule has 0 fully saturated rings. The van der Waals surface area contributed by atoms with Gasteiger partial charge in [0.1, 0.15) is 12.2 Å². The number of halogens is 2. The van der Waals surface area contributed by atoms with Crippen LogP contribution in [0.1, 0.15) is 17.2 Å². The molecule has 1 aromatic carbocycles. The van der Waals surface area contributed by atoms with E-state index < -0.39 is 11.9 Å². The minimum absolute atomic E-state index is 0.387. The summed E-state index contributed by atoms with van der Waals surface area (Å²) in [6.45, 7) is 0. The summed E-state index contributed by atoms with van der Waals surface area (Å²) in [5, 5.41) is 9.38. The maximum Gasteiger partial charge on any atom is 0.312 e. The molecule has 2 aromatic rings. The molecule has 1 atom stereocenters. The fourth-order valence-electron chi connectivity index (χ4n) is 1.74. The van der Waals surface area contributed by atoms with Crippen LogP contribution in [0.2, 0.25) is 0 Å². The lowest BCUT2D eigenvalue weighted by Crippen LogP contribution is -2.16. The van der Waals surface area contributed by atoms with Crippen LogP contribution in [0.4, 0.5) is 0 Å². The molecule has 0 aliphatic heterocycles. The number of benzene rings is 1. The van der Waals surface area contributed by atoms with Gasteiger partial charge in [-0.05, 0) is 40.0 Å². The highest BCUT2D eigenvalue weighted by Gasteiger charge is 2.24. The van der Waals surface area contributed by atoms with E-state index in [0.29, 0.717) is 16.6 Å². The molecule has 0 spiro atoms. The van der Waals surface area contributed by atoms with Crippen LogP contribution in [0.25, 0.3) is 0 Å². The van der Waals surface area contributed by atoms with E-state index in [9.17, 15) is 9.90 Å². The summed E-state index contributed by atoms with van der Waals surface area (Å²) >= 11 is 6.65. The Bertz CT molecular complexity index is 587. The van der Waals surface area contributed by atoms with Gasteiger partial charge in [0.05, 0.1) is 10.2 Å². The third-order valence-electron chi connectivity index (χ3n) is 2.68. The Morgan fingerprint density at radius 3 is 2.53 bits per heavy atom. The number of nitrogens with zero attached hydrogens (tertiary/aromatic N) is 2. The Morgan fingerprint density at radius 1 is 1.26 bits per heavy atom. The number of carbonyl (C=O) groups is 1. The summed E-state index contributed by atoms with van der Waals surface area (Å²) < 4.78 is 1.57. The smallest absolute Gasteiger partial charge is 0.312 e. The van der Waals surface area contributed by atoms with Crippen molar-refractivity contribution in [2.75, 3.05) is 0 Å². The molecule has 0 amide bonds. The van der Waals surface area contributed by atoms with Crippen LogP contribution in [0.5, 0.6) is 0 Å². The molecule has 1 unspecified atom stereocenters. The van der Waals surface area contributed by atoms with Crippen LogP contribution in [-0.2, 0) is 11.2 Å². The molecule has 0 radical (unpaired) electrons. The summed E-state index contributed by atoms with van der Waals surface area (Å²) in [5.74, 6) is -1.60. The number of aromatic nitrogens is 2. The predicted octanol–water partition coefficient (Wildman–Crippen LogP) is 3.41. The second-order valence-corrected chi connectivity index (χ2v) is 5.75. The van der Waals surface area contributed by atoms with E-state index in [4.69, 9.17) is 0 Å². The number of hydrogen-bond donors (Lipinski definition) is 1. The van der Waals surface area contributed by atoms with Gasteiger partial charge in [0.25, 0.3) is 0 Å². The maximum atomic E-state index is 11.4. The second-order valence-electron chi connectivity index (χ2n) is 3.98. The fourth-order valence-corrected chi connectivity index (χ4v) is 2.50. The van der Waals surface area contributed by atoms with E-state index in [1.165, 1.54) is 6.33 Å². The highest BCUT2D eigenvalue weighted by molar-refractivity contribution is 9.10. The SMILES string of the molecule is O=C(O)C(Cc1ccc(Br)cc1)c1ncncc1Br. The van der Waals surface area contributed by atoms with Crippen LogP contribution >= 0.6 is 31.9 Å². The molecule has 2 rings (SSSR count). The molecule has 98 valence electrons. The molecule has 0 saturated heterocycles. The molecule has 1 aromatic heterocycles. The van der Waals surface area contributed by atoms with Crippen molar-refractivity contribution in [2.24, 2.45) is 0 Å². The van der Waals surface area contributed by atoms with Crippen molar-refractivity contribution in [1.82, 2.24) is 9.97 Å². The topological polar surface area (TPSA) is 63.1 Å². The molecule has 4 nitrogen and oxygen atoms in total. The average Bonchev–Trinajstić information content (AvgIpc) is 2.39. The van der Waals surface area contributed by atoms with Gasteiger partial charge in [-0.25, -0.2) is 9.97 Å². The van der Waals surface area contributed by atoms with E-state index in [1.54, 1.807) is 6.20 Å². The number of aliphatic carboxylic acids is 1. The first-order valence-corrected chi connectivity index (χ1v) is 7.09. The van der Waals surface area contributed by atoms with Crippen molar-refractivity contribution in [3.05, 3.63) is 57.0 Å². The molecule has 0 aliphatic carbocycles. The summed E-state index contributed by atoms with van der Waals surface area (Å²) in [6, 6.07) is 7.58. The molecule has 19 heavy (non-hydrogen) atoms. The Kier molecular flexibility index (Phi) is 4.66. The Hall–Kier alpha value is -1.27. The molecule has 1 N–H and O–H groups in total. The minimum atomic E-state index is -0.901. The van der Waals surface area contributed by atoms with Gasteiger partial charge in [0, 0.05) is 10.7 Å². The van der Waals surface area contributed by atoms with Gasteiger partial charge in [-0.2, -0.15) is 0 Å². The third-order valence-corrected chi connectivity index (χ3v) is 3.82. The van der Waals surface area contributed by atoms with Gasteiger partial charge in [0.2, 0.25) is 0 Å². The Morgan fingerprint density at radius 2 is 1.95 bits per heavy atom. The Balaban J connectivity index is 2.29. The van der Waals surface area contributed by atoms with Gasteiger partial charge in [-0.3, -0.25) is 4.79 Å². The molecule has 0 saturated carbocycles. The monoisotopic (exact) mass is 384 g/mol. The van der Waals surface area contributed by atoms with Gasteiger partial charge < -0.3 is 5.11 Å². The lowest BCUT2D eigenvalue weighted by molar-refractivity contribution is -0.138. The van der Waals surface area contributed by atoms with Gasteiger partial charge >= 0.3 is 5.97 Å². The molecular weight excluding hydrogens is 376 g/mol.